The number of rotatable bonds is 4. The number of aromatic hydroxyl groups is 1. The molecular formula is C21H26N2O4S. The van der Waals surface area contributed by atoms with Gasteiger partial charge in [-0.15, -0.1) is 0 Å². The summed E-state index contributed by atoms with van der Waals surface area (Å²) in [7, 11) is -3.67. The summed E-state index contributed by atoms with van der Waals surface area (Å²) >= 11 is 0. The molecule has 1 saturated heterocycles. The Morgan fingerprint density at radius 2 is 1.89 bits per heavy atom. The number of sulfonamides is 1. The molecule has 0 aliphatic carbocycles. The van der Waals surface area contributed by atoms with Crippen molar-refractivity contribution in [3.8, 4) is 5.75 Å². The van der Waals surface area contributed by atoms with Crippen LogP contribution in [0.3, 0.4) is 0 Å². The van der Waals surface area contributed by atoms with Crippen molar-refractivity contribution in [3.05, 3.63) is 53.1 Å². The zero-order chi connectivity index (χ0) is 20.5. The van der Waals surface area contributed by atoms with Crippen LogP contribution in [0, 0.1) is 13.8 Å². The lowest BCUT2D eigenvalue weighted by Gasteiger charge is -2.32. The molecule has 150 valence electrons. The van der Waals surface area contributed by atoms with Crippen LogP contribution in [0.5, 0.6) is 5.75 Å². The van der Waals surface area contributed by atoms with Gasteiger partial charge >= 0.3 is 0 Å². The van der Waals surface area contributed by atoms with Gasteiger partial charge < -0.3 is 10.4 Å². The first-order valence-corrected chi connectivity index (χ1v) is 10.9. The monoisotopic (exact) mass is 402 g/mol. The molecule has 0 bridgehead atoms. The number of aryl methyl sites for hydroxylation is 2. The number of amides is 1. The van der Waals surface area contributed by atoms with Crippen LogP contribution >= 0.6 is 0 Å². The zero-order valence-electron chi connectivity index (χ0n) is 16.4. The third-order valence-electron chi connectivity index (χ3n) is 5.29. The normalized spacial score (nSPS) is 18.0. The van der Waals surface area contributed by atoms with Gasteiger partial charge in [-0.05, 0) is 62.9 Å². The molecule has 6 nitrogen and oxygen atoms in total. The fraction of sp³-hybridized carbons (Fsp3) is 0.381. The molecule has 1 fully saturated rings. The quantitative estimate of drug-likeness (QED) is 0.761. The van der Waals surface area contributed by atoms with Gasteiger partial charge in [0.1, 0.15) is 5.75 Å². The van der Waals surface area contributed by atoms with E-state index in [9.17, 15) is 18.3 Å². The molecule has 0 aromatic heterocycles. The Morgan fingerprint density at radius 3 is 2.61 bits per heavy atom. The first-order chi connectivity index (χ1) is 13.2. The molecule has 0 unspecified atom stereocenters. The number of hydrogen-bond donors (Lipinski definition) is 2. The Morgan fingerprint density at radius 1 is 1.14 bits per heavy atom. The number of phenolic OH excluding ortho intramolecular Hbond substituents is 1. The van der Waals surface area contributed by atoms with E-state index in [0.29, 0.717) is 23.4 Å². The van der Waals surface area contributed by atoms with Gasteiger partial charge in [0, 0.05) is 18.2 Å². The van der Waals surface area contributed by atoms with Gasteiger partial charge in [0.25, 0.3) is 5.91 Å². The predicted molar refractivity (Wildman–Crippen MR) is 109 cm³/mol. The molecular weight excluding hydrogens is 376 g/mol. The highest BCUT2D eigenvalue weighted by molar-refractivity contribution is 7.89. The second-order valence-electron chi connectivity index (χ2n) is 7.36. The van der Waals surface area contributed by atoms with Gasteiger partial charge in [-0.3, -0.25) is 4.79 Å². The molecule has 1 aliphatic rings. The highest BCUT2D eigenvalue weighted by Gasteiger charge is 2.31. The van der Waals surface area contributed by atoms with Crippen molar-refractivity contribution in [2.75, 3.05) is 11.9 Å². The maximum Gasteiger partial charge on any atom is 0.256 e. The molecule has 0 radical (unpaired) electrons. The van der Waals surface area contributed by atoms with Gasteiger partial charge in [0.2, 0.25) is 10.0 Å². The van der Waals surface area contributed by atoms with Crippen LogP contribution in [0.25, 0.3) is 0 Å². The van der Waals surface area contributed by atoms with Crippen molar-refractivity contribution in [2.45, 2.75) is 51.0 Å². The Bertz CT molecular complexity index is 1000. The molecule has 3 rings (SSSR count). The van der Waals surface area contributed by atoms with Crippen LogP contribution < -0.4 is 5.32 Å². The average molecular weight is 403 g/mol. The van der Waals surface area contributed by atoms with E-state index in [4.69, 9.17) is 0 Å². The Hall–Kier alpha value is -2.38. The zero-order valence-corrected chi connectivity index (χ0v) is 17.2. The van der Waals surface area contributed by atoms with E-state index >= 15 is 0 Å². The third-order valence-corrected chi connectivity index (χ3v) is 7.30. The Balaban J connectivity index is 1.93. The standard InChI is InChI=1S/C21H26N2O4S/c1-14-10-11-17(28(26,27)23-12-5-4-8-16(23)3)13-18(14)21(25)22-19-9-6-7-15(2)20(19)24/h6-7,9-11,13,16,24H,4-5,8,12H2,1-3H3,(H,22,25)/t16-/m1/s1. The van der Waals surface area contributed by atoms with Gasteiger partial charge in [-0.1, -0.05) is 24.6 Å². The van der Waals surface area contributed by atoms with E-state index < -0.39 is 15.9 Å². The number of para-hydroxylation sites is 1. The van der Waals surface area contributed by atoms with Crippen molar-refractivity contribution < 1.29 is 18.3 Å². The molecule has 2 N–H and O–H groups in total. The number of nitrogens with one attached hydrogen (secondary N) is 1. The summed E-state index contributed by atoms with van der Waals surface area (Å²) in [4.78, 5) is 12.9. The maximum atomic E-state index is 13.1. The van der Waals surface area contributed by atoms with Crippen molar-refractivity contribution >= 4 is 21.6 Å². The molecule has 2 aromatic rings. The number of phenols is 1. The molecule has 2 aromatic carbocycles. The van der Waals surface area contributed by atoms with Gasteiger partial charge in [-0.2, -0.15) is 4.31 Å². The number of hydrogen-bond acceptors (Lipinski definition) is 4. The molecule has 28 heavy (non-hydrogen) atoms. The van der Waals surface area contributed by atoms with Crippen LogP contribution in [0.15, 0.2) is 41.3 Å². The van der Waals surface area contributed by atoms with Crippen LogP contribution in [0.4, 0.5) is 5.69 Å². The highest BCUT2D eigenvalue weighted by Crippen LogP contribution is 2.29. The minimum atomic E-state index is -3.67. The van der Waals surface area contributed by atoms with E-state index in [0.717, 1.165) is 19.3 Å². The minimum absolute atomic E-state index is 0.000536. The number of piperidine rings is 1. The van der Waals surface area contributed by atoms with Crippen LogP contribution in [-0.4, -0.2) is 36.3 Å². The van der Waals surface area contributed by atoms with Gasteiger partial charge in [0.15, 0.2) is 0 Å². The van der Waals surface area contributed by atoms with Crippen LogP contribution in [-0.2, 0) is 10.0 Å². The van der Waals surface area contributed by atoms with Crippen molar-refractivity contribution in [3.63, 3.8) is 0 Å². The lowest BCUT2D eigenvalue weighted by atomic mass is 10.1. The molecule has 7 heteroatoms. The summed E-state index contributed by atoms with van der Waals surface area (Å²) in [5.41, 5.74) is 1.87. The molecule has 0 saturated carbocycles. The van der Waals surface area contributed by atoms with Crippen LogP contribution in [0.1, 0.15) is 47.7 Å². The lowest BCUT2D eigenvalue weighted by molar-refractivity contribution is 0.102. The molecule has 1 aliphatic heterocycles. The van der Waals surface area contributed by atoms with E-state index in [-0.39, 0.29) is 22.3 Å². The average Bonchev–Trinajstić information content (AvgIpc) is 2.65. The molecule has 1 heterocycles. The topological polar surface area (TPSA) is 86.7 Å². The van der Waals surface area contributed by atoms with E-state index in [1.54, 1.807) is 44.2 Å². The van der Waals surface area contributed by atoms with Crippen molar-refractivity contribution in [1.29, 1.82) is 0 Å². The second kappa shape index (κ2) is 7.93. The summed E-state index contributed by atoms with van der Waals surface area (Å²) in [6.45, 7) is 5.91. The second-order valence-corrected chi connectivity index (χ2v) is 9.25. The largest absolute Gasteiger partial charge is 0.505 e. The lowest BCUT2D eigenvalue weighted by Crippen LogP contribution is -2.42. The number of anilines is 1. The molecule has 1 atom stereocenters. The number of benzene rings is 2. The molecule has 0 spiro atoms. The smallest absolute Gasteiger partial charge is 0.256 e. The van der Waals surface area contributed by atoms with E-state index in [1.165, 1.54) is 10.4 Å². The fourth-order valence-electron chi connectivity index (χ4n) is 3.52. The number of carbonyl (C=O) groups is 1. The van der Waals surface area contributed by atoms with Crippen molar-refractivity contribution in [2.24, 2.45) is 0 Å². The van der Waals surface area contributed by atoms with Gasteiger partial charge in [-0.25, -0.2) is 8.42 Å². The summed E-state index contributed by atoms with van der Waals surface area (Å²) in [6.07, 6.45) is 2.70. The number of carbonyl (C=O) groups excluding carboxylic acids is 1. The first kappa shape index (κ1) is 20.4. The Kier molecular flexibility index (Phi) is 5.76. The maximum absolute atomic E-state index is 13.1. The number of nitrogens with zero attached hydrogens (tertiary/aromatic N) is 1. The fourth-order valence-corrected chi connectivity index (χ4v) is 5.25. The molecule has 1 amide bonds. The van der Waals surface area contributed by atoms with E-state index in [2.05, 4.69) is 5.32 Å². The predicted octanol–water partition coefficient (Wildman–Crippen LogP) is 3.82. The highest BCUT2D eigenvalue weighted by atomic mass is 32.2. The van der Waals surface area contributed by atoms with Crippen LogP contribution in [0.2, 0.25) is 0 Å². The van der Waals surface area contributed by atoms with Crippen molar-refractivity contribution in [1.82, 2.24) is 4.31 Å². The summed E-state index contributed by atoms with van der Waals surface area (Å²) in [5.74, 6) is -0.457. The first-order valence-electron chi connectivity index (χ1n) is 9.44. The SMILES string of the molecule is Cc1ccc(S(=O)(=O)N2CCCC[C@H]2C)cc1C(=O)Nc1cccc(C)c1O. The summed E-state index contributed by atoms with van der Waals surface area (Å²) < 4.78 is 27.7. The Labute approximate surface area is 166 Å². The van der Waals surface area contributed by atoms with Gasteiger partial charge in [0.05, 0.1) is 10.6 Å². The van der Waals surface area contributed by atoms with E-state index in [1.807, 2.05) is 6.92 Å². The summed E-state index contributed by atoms with van der Waals surface area (Å²) in [5, 5.41) is 12.8. The minimum Gasteiger partial charge on any atom is -0.505 e. The summed E-state index contributed by atoms with van der Waals surface area (Å²) in [6, 6.07) is 9.64. The third kappa shape index (κ3) is 3.91.